The Hall–Kier alpha value is -2.48. The Bertz CT molecular complexity index is 969. The monoisotopic (exact) mass is 363 g/mol. The van der Waals surface area contributed by atoms with Crippen LogP contribution in [0.2, 0.25) is 0 Å². The molecule has 0 amide bonds. The summed E-state index contributed by atoms with van der Waals surface area (Å²) in [5.74, 6) is -3.10. The van der Waals surface area contributed by atoms with Crippen molar-refractivity contribution in [3.05, 3.63) is 39.7 Å². The van der Waals surface area contributed by atoms with E-state index in [0.29, 0.717) is 13.1 Å². The molecular formula is C18H19F2N3O3. The van der Waals surface area contributed by atoms with Crippen molar-refractivity contribution in [1.29, 1.82) is 0 Å². The van der Waals surface area contributed by atoms with Gasteiger partial charge in [0.15, 0.2) is 5.82 Å². The number of carboxylic acids is 1. The minimum absolute atomic E-state index is 0.0296. The van der Waals surface area contributed by atoms with Gasteiger partial charge in [-0.2, -0.15) is 0 Å². The van der Waals surface area contributed by atoms with E-state index in [0.717, 1.165) is 31.7 Å². The molecule has 0 bridgehead atoms. The Morgan fingerprint density at radius 3 is 2.62 bits per heavy atom. The second-order valence-electron chi connectivity index (χ2n) is 7.08. The van der Waals surface area contributed by atoms with Crippen LogP contribution >= 0.6 is 0 Å². The molecule has 26 heavy (non-hydrogen) atoms. The number of pyridine rings is 1. The van der Waals surface area contributed by atoms with E-state index in [-0.39, 0.29) is 28.7 Å². The molecule has 2 aliphatic rings. The molecular weight excluding hydrogens is 344 g/mol. The highest BCUT2D eigenvalue weighted by Gasteiger charge is 2.31. The number of aromatic carboxylic acids is 1. The number of piperidine rings is 1. The van der Waals surface area contributed by atoms with Crippen LogP contribution in [0.5, 0.6) is 0 Å². The number of halogens is 2. The zero-order chi connectivity index (χ0) is 18.6. The summed E-state index contributed by atoms with van der Waals surface area (Å²) in [6.07, 6.45) is 4.22. The van der Waals surface area contributed by atoms with E-state index < -0.39 is 28.6 Å². The SMILES string of the molecule is N[C@H]1CCCN(c2c(F)cc3c(=O)c(C(=O)O)cn(C4CC4)c3c2F)C1. The van der Waals surface area contributed by atoms with E-state index in [9.17, 15) is 19.1 Å². The van der Waals surface area contributed by atoms with Crippen molar-refractivity contribution in [2.45, 2.75) is 37.8 Å². The molecule has 138 valence electrons. The van der Waals surface area contributed by atoms with Gasteiger partial charge in [-0.05, 0) is 31.7 Å². The first-order chi connectivity index (χ1) is 12.4. The second kappa shape index (κ2) is 6.05. The lowest BCUT2D eigenvalue weighted by Gasteiger charge is -2.33. The molecule has 8 heteroatoms. The zero-order valence-corrected chi connectivity index (χ0v) is 14.0. The molecule has 4 rings (SSSR count). The lowest BCUT2D eigenvalue weighted by atomic mass is 10.0. The van der Waals surface area contributed by atoms with Gasteiger partial charge in [-0.1, -0.05) is 0 Å². The molecule has 1 saturated heterocycles. The van der Waals surface area contributed by atoms with Gasteiger partial charge < -0.3 is 20.3 Å². The van der Waals surface area contributed by atoms with Crippen LogP contribution in [-0.2, 0) is 0 Å². The molecule has 1 aromatic heterocycles. The Morgan fingerprint density at radius 2 is 2.00 bits per heavy atom. The van der Waals surface area contributed by atoms with E-state index in [1.165, 1.54) is 10.8 Å². The van der Waals surface area contributed by atoms with Crippen LogP contribution in [0.25, 0.3) is 10.9 Å². The standard InChI is InChI=1S/C18H19F2N3O3/c19-13-6-11-15(14(20)16(13)22-5-1-2-9(21)7-22)23(10-3-4-10)8-12(17(11)24)18(25)26/h6,8-10H,1-5,7,21H2,(H,25,26)/t9-/m0/s1. The second-order valence-corrected chi connectivity index (χ2v) is 7.08. The van der Waals surface area contributed by atoms with Crippen molar-refractivity contribution in [3.8, 4) is 0 Å². The van der Waals surface area contributed by atoms with Crippen LogP contribution in [0.1, 0.15) is 42.1 Å². The van der Waals surface area contributed by atoms with Gasteiger partial charge in [0.25, 0.3) is 0 Å². The van der Waals surface area contributed by atoms with Crippen LogP contribution in [0.15, 0.2) is 17.1 Å². The van der Waals surface area contributed by atoms with Gasteiger partial charge in [-0.25, -0.2) is 13.6 Å². The number of hydrogen-bond donors (Lipinski definition) is 2. The predicted molar refractivity (Wildman–Crippen MR) is 92.8 cm³/mol. The number of nitrogens with zero attached hydrogens (tertiary/aromatic N) is 2. The quantitative estimate of drug-likeness (QED) is 0.873. The lowest BCUT2D eigenvalue weighted by molar-refractivity contribution is 0.0695. The van der Waals surface area contributed by atoms with Gasteiger partial charge in [0.05, 0.1) is 10.9 Å². The molecule has 1 aromatic carbocycles. The Morgan fingerprint density at radius 1 is 1.27 bits per heavy atom. The average Bonchev–Trinajstić information content (AvgIpc) is 3.40. The van der Waals surface area contributed by atoms with Gasteiger partial charge in [0.2, 0.25) is 5.43 Å². The molecule has 2 heterocycles. The fraction of sp³-hybridized carbons (Fsp3) is 0.444. The summed E-state index contributed by atoms with van der Waals surface area (Å²) in [6.45, 7) is 0.814. The predicted octanol–water partition coefficient (Wildman–Crippen LogP) is 2.24. The summed E-state index contributed by atoms with van der Waals surface area (Å²) in [4.78, 5) is 25.4. The number of benzene rings is 1. The minimum atomic E-state index is -1.40. The molecule has 2 fully saturated rings. The van der Waals surface area contributed by atoms with Crippen LogP contribution < -0.4 is 16.1 Å². The molecule has 2 aromatic rings. The molecule has 0 spiro atoms. The van der Waals surface area contributed by atoms with E-state index >= 15 is 4.39 Å². The largest absolute Gasteiger partial charge is 0.477 e. The third-order valence-corrected chi connectivity index (χ3v) is 5.13. The van der Waals surface area contributed by atoms with Crippen molar-refractivity contribution < 1.29 is 18.7 Å². The molecule has 1 aliphatic carbocycles. The maximum absolute atomic E-state index is 15.4. The van der Waals surface area contributed by atoms with Crippen molar-refractivity contribution in [3.63, 3.8) is 0 Å². The van der Waals surface area contributed by atoms with E-state index in [4.69, 9.17) is 5.73 Å². The molecule has 1 aliphatic heterocycles. The first-order valence-electron chi connectivity index (χ1n) is 8.69. The summed E-state index contributed by atoms with van der Waals surface area (Å²) in [5.41, 5.74) is 4.37. The van der Waals surface area contributed by atoms with E-state index in [1.807, 2.05) is 0 Å². The highest BCUT2D eigenvalue weighted by Crippen LogP contribution is 2.39. The number of rotatable bonds is 3. The van der Waals surface area contributed by atoms with Gasteiger partial charge in [-0.15, -0.1) is 0 Å². The third-order valence-electron chi connectivity index (χ3n) is 5.13. The number of hydrogen-bond acceptors (Lipinski definition) is 4. The first kappa shape index (κ1) is 17.0. The van der Waals surface area contributed by atoms with Crippen molar-refractivity contribution in [1.82, 2.24) is 4.57 Å². The minimum Gasteiger partial charge on any atom is -0.477 e. The Balaban J connectivity index is 2.00. The molecule has 1 saturated carbocycles. The number of fused-ring (bicyclic) bond motifs is 1. The Kier molecular flexibility index (Phi) is 3.95. The van der Waals surface area contributed by atoms with Crippen LogP contribution in [0, 0.1) is 11.6 Å². The first-order valence-corrected chi connectivity index (χ1v) is 8.69. The van der Waals surface area contributed by atoms with Crippen molar-refractivity contribution in [2.24, 2.45) is 5.73 Å². The average molecular weight is 363 g/mol. The third kappa shape index (κ3) is 2.65. The van der Waals surface area contributed by atoms with Crippen molar-refractivity contribution >= 4 is 22.6 Å². The fourth-order valence-corrected chi connectivity index (χ4v) is 3.73. The lowest BCUT2D eigenvalue weighted by Crippen LogP contribution is -2.43. The maximum Gasteiger partial charge on any atom is 0.341 e. The zero-order valence-electron chi connectivity index (χ0n) is 14.0. The molecule has 6 nitrogen and oxygen atoms in total. The number of carboxylic acid groups (broad SMARTS) is 1. The van der Waals surface area contributed by atoms with Crippen LogP contribution in [-0.4, -0.2) is 34.8 Å². The summed E-state index contributed by atoms with van der Waals surface area (Å²) < 4.78 is 31.6. The van der Waals surface area contributed by atoms with Crippen molar-refractivity contribution in [2.75, 3.05) is 18.0 Å². The number of aromatic nitrogens is 1. The van der Waals surface area contributed by atoms with E-state index in [2.05, 4.69) is 0 Å². The van der Waals surface area contributed by atoms with Gasteiger partial charge in [0, 0.05) is 31.4 Å². The summed E-state index contributed by atoms with van der Waals surface area (Å²) >= 11 is 0. The normalized spacial score (nSPS) is 20.6. The van der Waals surface area contributed by atoms with Crippen LogP contribution in [0.4, 0.5) is 14.5 Å². The fourth-order valence-electron chi connectivity index (χ4n) is 3.73. The number of carbonyl (C=O) groups is 1. The van der Waals surface area contributed by atoms with Gasteiger partial charge in [0.1, 0.15) is 17.1 Å². The maximum atomic E-state index is 15.4. The highest BCUT2D eigenvalue weighted by molar-refractivity contribution is 5.94. The van der Waals surface area contributed by atoms with E-state index in [1.54, 1.807) is 4.90 Å². The summed E-state index contributed by atoms with van der Waals surface area (Å²) in [6, 6.07) is 0.715. The summed E-state index contributed by atoms with van der Waals surface area (Å²) in [7, 11) is 0. The number of anilines is 1. The summed E-state index contributed by atoms with van der Waals surface area (Å²) in [5, 5.41) is 9.02. The molecule has 0 radical (unpaired) electrons. The molecule has 0 unspecified atom stereocenters. The van der Waals surface area contributed by atoms with Gasteiger partial charge >= 0.3 is 5.97 Å². The number of nitrogens with two attached hydrogens (primary N) is 1. The Labute approximate surface area is 147 Å². The highest BCUT2D eigenvalue weighted by atomic mass is 19.1. The van der Waals surface area contributed by atoms with Gasteiger partial charge in [-0.3, -0.25) is 4.79 Å². The molecule has 1 atom stereocenters. The smallest absolute Gasteiger partial charge is 0.341 e. The molecule has 3 N–H and O–H groups in total. The topological polar surface area (TPSA) is 88.6 Å². The van der Waals surface area contributed by atoms with Crippen LogP contribution in [0.3, 0.4) is 0 Å².